The minimum atomic E-state index is -0.263. The summed E-state index contributed by atoms with van der Waals surface area (Å²) in [4.78, 5) is 12.0. The molecule has 0 saturated carbocycles. The Morgan fingerprint density at radius 2 is 2.16 bits per heavy atom. The van der Waals surface area contributed by atoms with Crippen molar-refractivity contribution >= 4 is 17.7 Å². The zero-order valence-electron chi connectivity index (χ0n) is 14.1. The highest BCUT2D eigenvalue weighted by molar-refractivity contribution is 7.99. The number of nitrogens with zero attached hydrogens (tertiary/aromatic N) is 3. The van der Waals surface area contributed by atoms with Crippen LogP contribution in [0.4, 0.5) is 4.39 Å². The lowest BCUT2D eigenvalue weighted by Crippen LogP contribution is -2.27. The second kappa shape index (κ2) is 9.95. The molecule has 1 aromatic heterocycles. The second-order valence-corrected chi connectivity index (χ2v) is 6.19. The monoisotopic (exact) mass is 364 g/mol. The number of halogens is 1. The Balaban J connectivity index is 1.79. The molecule has 134 valence electrons. The summed E-state index contributed by atoms with van der Waals surface area (Å²) in [6.07, 6.45) is 2.40. The van der Waals surface area contributed by atoms with Gasteiger partial charge in [-0.05, 0) is 24.1 Å². The van der Waals surface area contributed by atoms with Crippen molar-refractivity contribution in [1.29, 1.82) is 0 Å². The van der Waals surface area contributed by atoms with Gasteiger partial charge in [-0.1, -0.05) is 30.0 Å². The maximum atomic E-state index is 12.8. The van der Waals surface area contributed by atoms with Crippen LogP contribution in [-0.2, 0) is 29.1 Å². The minimum absolute atomic E-state index is 0.0893. The third-order valence-electron chi connectivity index (χ3n) is 3.36. The van der Waals surface area contributed by atoms with Crippen LogP contribution in [0.5, 0.6) is 0 Å². The maximum Gasteiger partial charge on any atom is 0.230 e. The average Bonchev–Trinajstić information content (AvgIpc) is 2.98. The van der Waals surface area contributed by atoms with Crippen LogP contribution in [0, 0.1) is 5.82 Å². The van der Waals surface area contributed by atoms with E-state index in [4.69, 9.17) is 4.74 Å². The van der Waals surface area contributed by atoms with Gasteiger partial charge in [0, 0.05) is 20.2 Å². The van der Waals surface area contributed by atoms with E-state index in [1.54, 1.807) is 25.3 Å². The fourth-order valence-corrected chi connectivity index (χ4v) is 2.95. The molecule has 0 radical (unpaired) electrons. The van der Waals surface area contributed by atoms with Gasteiger partial charge in [0.25, 0.3) is 0 Å². The normalized spacial score (nSPS) is 10.6. The first-order chi connectivity index (χ1) is 12.1. The van der Waals surface area contributed by atoms with E-state index in [1.165, 1.54) is 23.9 Å². The maximum absolute atomic E-state index is 12.8. The van der Waals surface area contributed by atoms with Crippen LogP contribution in [0.2, 0.25) is 0 Å². The Morgan fingerprint density at radius 3 is 2.84 bits per heavy atom. The summed E-state index contributed by atoms with van der Waals surface area (Å²) < 4.78 is 19.8. The molecule has 25 heavy (non-hydrogen) atoms. The lowest BCUT2D eigenvalue weighted by Gasteiger charge is -2.08. The number of hydrogen-bond donors (Lipinski definition) is 1. The predicted molar refractivity (Wildman–Crippen MR) is 94.8 cm³/mol. The molecule has 2 rings (SSSR count). The van der Waals surface area contributed by atoms with Crippen LogP contribution in [-0.4, -0.2) is 40.1 Å². The molecule has 1 aromatic carbocycles. The van der Waals surface area contributed by atoms with Gasteiger partial charge in [-0.25, -0.2) is 4.39 Å². The van der Waals surface area contributed by atoms with Crippen LogP contribution in [0.1, 0.15) is 11.4 Å². The first-order valence-electron chi connectivity index (χ1n) is 7.80. The van der Waals surface area contributed by atoms with Gasteiger partial charge >= 0.3 is 0 Å². The van der Waals surface area contributed by atoms with Crippen LogP contribution in [0.3, 0.4) is 0 Å². The minimum Gasteiger partial charge on any atom is -0.377 e. The van der Waals surface area contributed by atoms with Crippen molar-refractivity contribution in [2.45, 2.75) is 24.7 Å². The van der Waals surface area contributed by atoms with E-state index in [-0.39, 0.29) is 17.5 Å². The molecule has 1 heterocycles. The van der Waals surface area contributed by atoms with Crippen molar-refractivity contribution in [2.24, 2.45) is 0 Å². The number of amides is 1. The van der Waals surface area contributed by atoms with E-state index >= 15 is 0 Å². The van der Waals surface area contributed by atoms with E-state index in [0.717, 1.165) is 5.56 Å². The van der Waals surface area contributed by atoms with Crippen molar-refractivity contribution in [3.63, 3.8) is 0 Å². The van der Waals surface area contributed by atoms with Crippen LogP contribution < -0.4 is 5.32 Å². The molecule has 0 atom stereocenters. The molecule has 0 fully saturated rings. The molecule has 2 aromatic rings. The third kappa shape index (κ3) is 5.99. The number of carbonyl (C=O) groups excluding carboxylic acids is 1. The number of rotatable bonds is 10. The Bertz CT molecular complexity index is 703. The Kier molecular flexibility index (Phi) is 7.62. The predicted octanol–water partition coefficient (Wildman–Crippen LogP) is 2.20. The number of benzene rings is 1. The Hall–Kier alpha value is -2.19. The fraction of sp³-hybridized carbons (Fsp3) is 0.353. The first kappa shape index (κ1) is 19.1. The molecule has 0 aliphatic carbocycles. The van der Waals surface area contributed by atoms with Crippen LogP contribution in [0.15, 0.2) is 42.1 Å². The molecular formula is C17H21FN4O2S. The van der Waals surface area contributed by atoms with E-state index in [0.29, 0.717) is 37.1 Å². The summed E-state index contributed by atoms with van der Waals surface area (Å²) in [5.74, 6) is 0.585. The standard InChI is InChI=1S/C17H21FN4O2S/c1-3-10-22-15(11-24-2)20-21-17(22)25-12-16(23)19-9-8-13-4-6-14(18)7-5-13/h3-7H,1,8-12H2,2H3,(H,19,23). The number of nitrogens with one attached hydrogen (secondary N) is 1. The Morgan fingerprint density at radius 1 is 1.40 bits per heavy atom. The molecular weight excluding hydrogens is 343 g/mol. The van der Waals surface area contributed by atoms with Crippen molar-refractivity contribution < 1.29 is 13.9 Å². The van der Waals surface area contributed by atoms with Gasteiger partial charge < -0.3 is 14.6 Å². The lowest BCUT2D eigenvalue weighted by molar-refractivity contribution is -0.118. The van der Waals surface area contributed by atoms with Crippen LogP contribution >= 0.6 is 11.8 Å². The summed E-state index contributed by atoms with van der Waals surface area (Å²) in [6.45, 7) is 5.13. The number of hydrogen-bond acceptors (Lipinski definition) is 5. The number of thioether (sulfide) groups is 1. The topological polar surface area (TPSA) is 69.0 Å². The van der Waals surface area contributed by atoms with E-state index in [2.05, 4.69) is 22.1 Å². The smallest absolute Gasteiger partial charge is 0.230 e. The highest BCUT2D eigenvalue weighted by atomic mass is 32.2. The van der Waals surface area contributed by atoms with Gasteiger partial charge in [-0.2, -0.15) is 0 Å². The Labute approximate surface area is 150 Å². The largest absolute Gasteiger partial charge is 0.377 e. The van der Waals surface area contributed by atoms with Gasteiger partial charge in [-0.3, -0.25) is 4.79 Å². The molecule has 0 bridgehead atoms. The highest BCUT2D eigenvalue weighted by Gasteiger charge is 2.13. The van der Waals surface area contributed by atoms with Crippen molar-refractivity contribution in [1.82, 2.24) is 20.1 Å². The molecule has 8 heteroatoms. The van der Waals surface area contributed by atoms with Gasteiger partial charge in [0.15, 0.2) is 11.0 Å². The van der Waals surface area contributed by atoms with Gasteiger partial charge in [0.1, 0.15) is 12.4 Å². The van der Waals surface area contributed by atoms with Gasteiger partial charge in [-0.15, -0.1) is 16.8 Å². The molecule has 0 aliphatic heterocycles. The van der Waals surface area contributed by atoms with E-state index < -0.39 is 0 Å². The molecule has 0 spiro atoms. The van der Waals surface area contributed by atoms with Gasteiger partial charge in [0.2, 0.25) is 5.91 Å². The SMILES string of the molecule is C=CCn1c(COC)nnc1SCC(=O)NCCc1ccc(F)cc1. The lowest BCUT2D eigenvalue weighted by atomic mass is 10.1. The number of methoxy groups -OCH3 is 1. The van der Waals surface area contributed by atoms with Crippen LogP contribution in [0.25, 0.3) is 0 Å². The summed E-state index contributed by atoms with van der Waals surface area (Å²) in [6, 6.07) is 6.25. The van der Waals surface area contributed by atoms with Crippen molar-refractivity contribution in [2.75, 3.05) is 19.4 Å². The molecule has 1 amide bonds. The summed E-state index contributed by atoms with van der Waals surface area (Å²) >= 11 is 1.31. The number of carbonyl (C=O) groups is 1. The fourth-order valence-electron chi connectivity index (χ4n) is 2.15. The number of aromatic nitrogens is 3. The quantitative estimate of drug-likeness (QED) is 0.517. The molecule has 6 nitrogen and oxygen atoms in total. The number of ether oxygens (including phenoxy) is 1. The van der Waals surface area contributed by atoms with E-state index in [1.807, 2.05) is 4.57 Å². The van der Waals surface area contributed by atoms with E-state index in [9.17, 15) is 9.18 Å². The molecule has 0 unspecified atom stereocenters. The molecule has 0 aliphatic rings. The zero-order valence-corrected chi connectivity index (χ0v) is 14.9. The van der Waals surface area contributed by atoms with Gasteiger partial charge in [0.05, 0.1) is 5.75 Å². The van der Waals surface area contributed by atoms with Crippen molar-refractivity contribution in [3.05, 3.63) is 54.1 Å². The summed E-state index contributed by atoms with van der Waals surface area (Å²) in [7, 11) is 1.59. The zero-order chi connectivity index (χ0) is 18.1. The first-order valence-corrected chi connectivity index (χ1v) is 8.78. The van der Waals surface area contributed by atoms with Crippen molar-refractivity contribution in [3.8, 4) is 0 Å². The number of allylic oxidation sites excluding steroid dienone is 1. The summed E-state index contributed by atoms with van der Waals surface area (Å²) in [5, 5.41) is 11.7. The molecule has 0 saturated heterocycles. The summed E-state index contributed by atoms with van der Waals surface area (Å²) in [5.41, 5.74) is 0.976. The second-order valence-electron chi connectivity index (χ2n) is 5.25. The molecule has 1 N–H and O–H groups in total. The average molecular weight is 364 g/mol. The third-order valence-corrected chi connectivity index (χ3v) is 4.33. The highest BCUT2D eigenvalue weighted by Crippen LogP contribution is 2.17.